The van der Waals surface area contributed by atoms with Gasteiger partial charge in [0.25, 0.3) is 0 Å². The molecule has 1 aliphatic carbocycles. The Balaban J connectivity index is 1.27. The molecule has 1 aromatic carbocycles. The molecule has 2 aromatic rings. The first kappa shape index (κ1) is 24.6. The summed E-state index contributed by atoms with van der Waals surface area (Å²) in [5, 5.41) is 15.0. The van der Waals surface area contributed by atoms with Gasteiger partial charge in [-0.25, -0.2) is 13.8 Å². The van der Waals surface area contributed by atoms with Gasteiger partial charge in [-0.1, -0.05) is 6.07 Å². The number of hydrogen-bond acceptors (Lipinski definition) is 6. The van der Waals surface area contributed by atoms with E-state index in [1.54, 1.807) is 24.4 Å². The summed E-state index contributed by atoms with van der Waals surface area (Å²) < 4.78 is 35.6. The minimum atomic E-state index is -3.35. The van der Waals surface area contributed by atoms with Gasteiger partial charge in [-0.05, 0) is 54.7 Å². The molecule has 37 heavy (non-hydrogen) atoms. The molecule has 3 aliphatic rings. The van der Waals surface area contributed by atoms with Crippen LogP contribution in [0.15, 0.2) is 36.5 Å². The molecule has 0 bridgehead atoms. The first-order valence-electron chi connectivity index (χ1n) is 12.2. The van der Waals surface area contributed by atoms with E-state index in [2.05, 4.69) is 15.6 Å². The van der Waals surface area contributed by atoms with Gasteiger partial charge in [0.2, 0.25) is 17.7 Å². The van der Waals surface area contributed by atoms with Gasteiger partial charge >= 0.3 is 5.92 Å². The van der Waals surface area contributed by atoms with E-state index in [1.807, 2.05) is 6.07 Å². The molecule has 3 fully saturated rings. The maximum Gasteiger partial charge on any atom is 0.301 e. The molecule has 2 atom stereocenters. The molecule has 192 valence electrons. The summed E-state index contributed by atoms with van der Waals surface area (Å²) in [7, 11) is 0. The molecule has 0 radical (unpaired) electrons. The number of rotatable bonds is 6. The number of pyridine rings is 1. The summed E-state index contributed by atoms with van der Waals surface area (Å²) >= 11 is 0. The Morgan fingerprint density at radius 3 is 2.62 bits per heavy atom. The van der Waals surface area contributed by atoms with Gasteiger partial charge in [0.15, 0.2) is 6.10 Å². The topological polar surface area (TPSA) is 124 Å². The van der Waals surface area contributed by atoms with Gasteiger partial charge in [0, 0.05) is 31.5 Å². The minimum absolute atomic E-state index is 0.0232. The van der Waals surface area contributed by atoms with Crippen LogP contribution >= 0.6 is 0 Å². The van der Waals surface area contributed by atoms with Crippen LogP contribution < -0.4 is 15.4 Å². The van der Waals surface area contributed by atoms with Gasteiger partial charge in [-0.15, -0.1) is 0 Å². The van der Waals surface area contributed by atoms with E-state index in [0.29, 0.717) is 23.4 Å². The minimum Gasteiger partial charge on any atom is -0.483 e. The third-order valence-corrected chi connectivity index (χ3v) is 6.80. The third kappa shape index (κ3) is 5.38. The lowest BCUT2D eigenvalue weighted by Gasteiger charge is -2.39. The molecule has 2 saturated heterocycles. The summed E-state index contributed by atoms with van der Waals surface area (Å²) in [6, 6.07) is 9.30. The number of hydrogen-bond donors (Lipinski definition) is 2. The Hall–Kier alpha value is -4.07. The highest BCUT2D eigenvalue weighted by Crippen LogP contribution is 2.35. The largest absolute Gasteiger partial charge is 0.483 e. The monoisotopic (exact) mass is 509 g/mol. The first-order chi connectivity index (χ1) is 17.7. The zero-order valence-electron chi connectivity index (χ0n) is 19.9. The van der Waals surface area contributed by atoms with Crippen molar-refractivity contribution < 1.29 is 27.9 Å². The molecule has 2 N–H and O–H groups in total. The van der Waals surface area contributed by atoms with E-state index in [0.717, 1.165) is 17.7 Å². The van der Waals surface area contributed by atoms with Crippen molar-refractivity contribution in [3.63, 3.8) is 0 Å². The number of aromatic nitrogens is 1. The number of piperidine rings is 1. The molecule has 1 saturated carbocycles. The number of ether oxygens (including phenoxy) is 1. The van der Waals surface area contributed by atoms with E-state index in [4.69, 9.17) is 4.74 Å². The van der Waals surface area contributed by atoms with E-state index in [1.165, 1.54) is 12.1 Å². The summed E-state index contributed by atoms with van der Waals surface area (Å²) in [5.41, 5.74) is 1.42. The Morgan fingerprint density at radius 1 is 1.16 bits per heavy atom. The summed E-state index contributed by atoms with van der Waals surface area (Å²) in [4.78, 5) is 41.2. The fourth-order valence-electron chi connectivity index (χ4n) is 4.58. The molecule has 11 heteroatoms. The summed E-state index contributed by atoms with van der Waals surface area (Å²) in [5.74, 6) is -3.76. The number of nitrogens with one attached hydrogen (secondary N) is 2. The predicted octanol–water partition coefficient (Wildman–Crippen LogP) is 2.86. The van der Waals surface area contributed by atoms with Crippen LogP contribution in [0, 0.1) is 17.2 Å². The number of nitriles is 1. The second-order valence-electron chi connectivity index (χ2n) is 9.59. The van der Waals surface area contributed by atoms with Gasteiger partial charge in [0.05, 0.1) is 12.1 Å². The normalized spacial score (nSPS) is 22.6. The zero-order valence-corrected chi connectivity index (χ0v) is 19.9. The van der Waals surface area contributed by atoms with E-state index < -0.39 is 30.5 Å². The van der Waals surface area contributed by atoms with Crippen LogP contribution in [0.5, 0.6) is 5.75 Å². The van der Waals surface area contributed by atoms with Crippen molar-refractivity contribution in [1.29, 1.82) is 5.26 Å². The molecule has 5 rings (SSSR count). The van der Waals surface area contributed by atoms with Crippen LogP contribution in [0.3, 0.4) is 0 Å². The average molecular weight is 510 g/mol. The number of alkyl halides is 2. The van der Waals surface area contributed by atoms with Crippen molar-refractivity contribution in [3.05, 3.63) is 42.1 Å². The molecule has 1 aromatic heterocycles. The fourth-order valence-corrected chi connectivity index (χ4v) is 4.58. The molecule has 9 nitrogen and oxygen atoms in total. The number of anilines is 1. The maximum atomic E-state index is 15.0. The Bertz CT molecular complexity index is 1290. The maximum absolute atomic E-state index is 15.0. The highest BCUT2D eigenvalue weighted by Gasteiger charge is 2.49. The lowest BCUT2D eigenvalue weighted by Crippen LogP contribution is -2.58. The number of nitrogens with zero attached hydrogens (tertiary/aromatic N) is 3. The van der Waals surface area contributed by atoms with Crippen molar-refractivity contribution >= 4 is 23.5 Å². The molecule has 3 amide bonds. The van der Waals surface area contributed by atoms with E-state index >= 15 is 0 Å². The number of carbonyl (C=O) groups is 3. The number of halogens is 2. The van der Waals surface area contributed by atoms with Crippen LogP contribution in [0.2, 0.25) is 0 Å². The van der Waals surface area contributed by atoms with Crippen molar-refractivity contribution in [2.45, 2.75) is 50.2 Å². The van der Waals surface area contributed by atoms with Crippen molar-refractivity contribution in [2.75, 3.05) is 18.4 Å². The summed E-state index contributed by atoms with van der Waals surface area (Å²) in [6.45, 7) is -0.771. The molecule has 1 unspecified atom stereocenters. The second-order valence-corrected chi connectivity index (χ2v) is 9.59. The van der Waals surface area contributed by atoms with Crippen LogP contribution in [0.1, 0.15) is 37.7 Å². The third-order valence-electron chi connectivity index (χ3n) is 6.80. The van der Waals surface area contributed by atoms with Crippen LogP contribution in [0.25, 0.3) is 11.1 Å². The number of benzene rings is 1. The molecule has 2 aliphatic heterocycles. The van der Waals surface area contributed by atoms with E-state index in [9.17, 15) is 28.4 Å². The second kappa shape index (κ2) is 9.76. The standard InChI is InChI=1S/C26H25F2N5O4/c27-26(28)14-33(25(36)19-4-6-23(34)31-19)10-8-21(26)37-20-5-3-16(11-18(20)13-29)17-7-9-30-22(12-17)32-24(35)15-1-2-15/h3,5,7,9,11-12,15,19,21H,1-2,4,6,8,10,14H2,(H,31,34)(H,30,32,35)/t19?,21-/m0/s1. The quantitative estimate of drug-likeness (QED) is 0.617. The Labute approximate surface area is 211 Å². The molecule has 3 heterocycles. The lowest BCUT2D eigenvalue weighted by molar-refractivity contribution is -0.161. The fraction of sp³-hybridized carbons (Fsp3) is 0.423. The van der Waals surface area contributed by atoms with Gasteiger partial charge in [-0.3, -0.25) is 14.4 Å². The first-order valence-corrected chi connectivity index (χ1v) is 12.2. The van der Waals surface area contributed by atoms with E-state index in [-0.39, 0.29) is 48.4 Å². The molecular weight excluding hydrogens is 484 g/mol. The Morgan fingerprint density at radius 2 is 1.95 bits per heavy atom. The molecule has 0 spiro atoms. The summed E-state index contributed by atoms with van der Waals surface area (Å²) in [6.07, 6.45) is 2.13. The highest BCUT2D eigenvalue weighted by atomic mass is 19.3. The Kier molecular flexibility index (Phi) is 6.50. The van der Waals surface area contributed by atoms with Crippen molar-refractivity contribution in [1.82, 2.24) is 15.2 Å². The van der Waals surface area contributed by atoms with Crippen molar-refractivity contribution in [3.8, 4) is 22.9 Å². The number of likely N-dealkylation sites (tertiary alicyclic amines) is 1. The van der Waals surface area contributed by atoms with Crippen LogP contribution in [-0.2, 0) is 14.4 Å². The van der Waals surface area contributed by atoms with Crippen LogP contribution in [0.4, 0.5) is 14.6 Å². The predicted molar refractivity (Wildman–Crippen MR) is 127 cm³/mol. The average Bonchev–Trinajstić information content (AvgIpc) is 3.65. The number of carbonyl (C=O) groups excluding carboxylic acids is 3. The van der Waals surface area contributed by atoms with Crippen LogP contribution in [-0.4, -0.2) is 58.8 Å². The lowest BCUT2D eigenvalue weighted by atomic mass is 10.0. The molecular formula is C26H25F2N5O4. The van der Waals surface area contributed by atoms with Crippen molar-refractivity contribution in [2.24, 2.45) is 5.92 Å². The van der Waals surface area contributed by atoms with Gasteiger partial charge < -0.3 is 20.3 Å². The zero-order chi connectivity index (χ0) is 26.2. The SMILES string of the molecule is N#Cc1cc(-c2ccnc(NC(=O)C3CC3)c2)ccc1O[C@H]1CCN(C(=O)C2CCC(=O)N2)CC1(F)F. The number of amides is 3. The highest BCUT2D eigenvalue weighted by molar-refractivity contribution is 5.93. The smallest absolute Gasteiger partial charge is 0.301 e. The van der Waals surface area contributed by atoms with Gasteiger partial charge in [0.1, 0.15) is 23.7 Å². The van der Waals surface area contributed by atoms with Gasteiger partial charge in [-0.2, -0.15) is 5.26 Å².